The second-order valence-electron chi connectivity index (χ2n) is 7.22. The molecule has 0 saturated carbocycles. The lowest BCUT2D eigenvalue weighted by atomic mass is 10.0. The van der Waals surface area contributed by atoms with E-state index < -0.39 is 4.92 Å². The molecule has 0 aliphatic carbocycles. The maximum atomic E-state index is 12.8. The number of nitro groups is 1. The van der Waals surface area contributed by atoms with Gasteiger partial charge in [-0.25, -0.2) is 0 Å². The van der Waals surface area contributed by atoms with Crippen molar-refractivity contribution in [3.63, 3.8) is 0 Å². The van der Waals surface area contributed by atoms with Gasteiger partial charge in [0, 0.05) is 12.1 Å². The van der Waals surface area contributed by atoms with Gasteiger partial charge in [0.1, 0.15) is 12.3 Å². The Labute approximate surface area is 162 Å². The second kappa shape index (κ2) is 7.44. The van der Waals surface area contributed by atoms with Crippen molar-refractivity contribution in [1.29, 1.82) is 0 Å². The van der Waals surface area contributed by atoms with Gasteiger partial charge in [-0.15, -0.1) is 0 Å². The number of likely N-dealkylation sites (tertiary alicyclic amines) is 1. The Morgan fingerprint density at radius 3 is 2.71 bits per heavy atom. The van der Waals surface area contributed by atoms with Crippen LogP contribution in [0.5, 0.6) is 11.5 Å². The molecular weight excluding hydrogens is 360 g/mol. The molecule has 2 aromatic rings. The van der Waals surface area contributed by atoms with E-state index in [1.165, 1.54) is 35.6 Å². The summed E-state index contributed by atoms with van der Waals surface area (Å²) in [6.45, 7) is 2.67. The number of phenols is 1. The number of Topliss-reactive ketones (excluding diaryl/α,β-unsaturated/α-hetero) is 1. The number of fused-ring (bicyclic) bond motifs is 1. The van der Waals surface area contributed by atoms with Gasteiger partial charge in [-0.05, 0) is 43.0 Å². The van der Waals surface area contributed by atoms with Crippen LogP contribution in [0.2, 0.25) is 0 Å². The number of allylic oxidation sites excluding steroid dienone is 1. The van der Waals surface area contributed by atoms with Crippen LogP contribution in [-0.2, 0) is 6.54 Å². The number of aromatic hydroxyl groups is 1. The number of ketones is 1. The van der Waals surface area contributed by atoms with E-state index in [-0.39, 0.29) is 23.0 Å². The number of quaternary nitrogens is 1. The van der Waals surface area contributed by atoms with Gasteiger partial charge >= 0.3 is 0 Å². The van der Waals surface area contributed by atoms with Crippen molar-refractivity contribution in [2.75, 3.05) is 13.1 Å². The summed E-state index contributed by atoms with van der Waals surface area (Å²) in [4.78, 5) is 24.6. The third kappa shape index (κ3) is 3.48. The van der Waals surface area contributed by atoms with E-state index in [0.29, 0.717) is 29.0 Å². The Hall–Kier alpha value is -3.19. The molecule has 7 nitrogen and oxygen atoms in total. The van der Waals surface area contributed by atoms with Gasteiger partial charge in [0.05, 0.1) is 29.1 Å². The number of nitrogens with one attached hydrogen (secondary N) is 1. The molecule has 0 amide bonds. The van der Waals surface area contributed by atoms with Gasteiger partial charge in [0.15, 0.2) is 11.5 Å². The van der Waals surface area contributed by atoms with Crippen molar-refractivity contribution in [1.82, 2.24) is 0 Å². The van der Waals surface area contributed by atoms with Gasteiger partial charge < -0.3 is 14.7 Å². The van der Waals surface area contributed by atoms with Crippen molar-refractivity contribution < 1.29 is 24.5 Å². The summed E-state index contributed by atoms with van der Waals surface area (Å²) in [6.07, 6.45) is 5.04. The summed E-state index contributed by atoms with van der Waals surface area (Å²) >= 11 is 0. The Balaban J connectivity index is 1.65. The van der Waals surface area contributed by atoms with Crippen LogP contribution in [0.25, 0.3) is 6.08 Å². The van der Waals surface area contributed by atoms with Crippen LogP contribution < -0.4 is 9.64 Å². The summed E-state index contributed by atoms with van der Waals surface area (Å²) in [5.74, 6) is 0.355. The molecular formula is C21H21N2O5+. The molecule has 1 saturated heterocycles. The average Bonchev–Trinajstić information content (AvgIpc) is 3.01. The molecule has 2 N–H and O–H groups in total. The lowest BCUT2D eigenvalue weighted by molar-refractivity contribution is -0.918. The molecule has 2 aromatic carbocycles. The zero-order chi connectivity index (χ0) is 19.7. The molecule has 0 atom stereocenters. The van der Waals surface area contributed by atoms with E-state index in [1.54, 1.807) is 18.2 Å². The zero-order valence-corrected chi connectivity index (χ0v) is 15.3. The summed E-state index contributed by atoms with van der Waals surface area (Å²) < 4.78 is 5.85. The van der Waals surface area contributed by atoms with Crippen LogP contribution in [0.1, 0.15) is 40.7 Å². The highest BCUT2D eigenvalue weighted by Gasteiger charge is 2.32. The first-order valence-corrected chi connectivity index (χ1v) is 9.40. The van der Waals surface area contributed by atoms with Gasteiger partial charge in [0.25, 0.3) is 5.69 Å². The minimum Gasteiger partial charge on any atom is -0.507 e. The molecule has 0 unspecified atom stereocenters. The third-order valence-corrected chi connectivity index (χ3v) is 5.28. The minimum absolute atomic E-state index is 0.0515. The summed E-state index contributed by atoms with van der Waals surface area (Å²) in [5.41, 5.74) is 1.52. The topological polar surface area (TPSA) is 94.1 Å². The molecule has 1 fully saturated rings. The highest BCUT2D eigenvalue weighted by atomic mass is 16.6. The first-order valence-electron chi connectivity index (χ1n) is 9.40. The first-order chi connectivity index (χ1) is 13.5. The second-order valence-corrected chi connectivity index (χ2v) is 7.22. The fraction of sp³-hybridized carbons (Fsp3) is 0.286. The lowest BCUT2D eigenvalue weighted by Crippen LogP contribution is -3.11. The number of nitro benzene ring substituents is 1. The molecule has 2 aliphatic heterocycles. The monoisotopic (exact) mass is 381 g/mol. The van der Waals surface area contributed by atoms with Crippen LogP contribution in [0, 0.1) is 10.1 Å². The molecule has 2 aliphatic rings. The Morgan fingerprint density at radius 1 is 1.18 bits per heavy atom. The minimum atomic E-state index is -0.481. The number of carbonyl (C=O) groups excluding carboxylic acids is 1. The van der Waals surface area contributed by atoms with Crippen molar-refractivity contribution >= 4 is 17.5 Å². The maximum Gasteiger partial charge on any atom is 0.270 e. The number of phenolic OH excluding ortho intramolecular Hbond substituents is 1. The summed E-state index contributed by atoms with van der Waals surface area (Å²) in [7, 11) is 0. The number of piperidine rings is 1. The van der Waals surface area contributed by atoms with Crippen LogP contribution in [0.4, 0.5) is 5.69 Å². The normalized spacial score (nSPS) is 18.1. The number of hydrogen-bond donors (Lipinski definition) is 2. The number of nitrogens with zero attached hydrogens (tertiary/aromatic N) is 1. The lowest BCUT2D eigenvalue weighted by Gasteiger charge is -2.24. The molecule has 2 heterocycles. The Bertz CT molecular complexity index is 977. The maximum absolute atomic E-state index is 12.8. The van der Waals surface area contributed by atoms with E-state index >= 15 is 0 Å². The predicted molar refractivity (Wildman–Crippen MR) is 102 cm³/mol. The van der Waals surface area contributed by atoms with Gasteiger partial charge in [0.2, 0.25) is 5.78 Å². The molecule has 0 bridgehead atoms. The number of rotatable bonds is 4. The van der Waals surface area contributed by atoms with E-state index in [9.17, 15) is 20.0 Å². The largest absolute Gasteiger partial charge is 0.507 e. The smallest absolute Gasteiger partial charge is 0.270 e. The predicted octanol–water partition coefficient (Wildman–Crippen LogP) is 2.49. The molecule has 7 heteroatoms. The van der Waals surface area contributed by atoms with Crippen molar-refractivity contribution in [2.45, 2.75) is 25.8 Å². The van der Waals surface area contributed by atoms with Crippen LogP contribution in [0.15, 0.2) is 42.2 Å². The summed E-state index contributed by atoms with van der Waals surface area (Å²) in [6, 6.07) is 9.13. The van der Waals surface area contributed by atoms with Crippen LogP contribution >= 0.6 is 0 Å². The molecule has 0 aromatic heterocycles. The molecule has 0 spiro atoms. The number of benzene rings is 2. The third-order valence-electron chi connectivity index (χ3n) is 5.28. The van der Waals surface area contributed by atoms with Crippen molar-refractivity contribution in [3.05, 3.63) is 69.0 Å². The zero-order valence-electron chi connectivity index (χ0n) is 15.3. The van der Waals surface area contributed by atoms with E-state index in [4.69, 9.17) is 4.74 Å². The van der Waals surface area contributed by atoms with Gasteiger partial charge in [-0.2, -0.15) is 0 Å². The quantitative estimate of drug-likeness (QED) is 0.482. The fourth-order valence-electron chi connectivity index (χ4n) is 3.83. The summed E-state index contributed by atoms with van der Waals surface area (Å²) in [5, 5.41) is 21.3. The van der Waals surface area contributed by atoms with E-state index in [2.05, 4.69) is 0 Å². The van der Waals surface area contributed by atoms with Gasteiger partial charge in [-0.1, -0.05) is 12.1 Å². The average molecular weight is 381 g/mol. The van der Waals surface area contributed by atoms with Crippen molar-refractivity contribution in [3.8, 4) is 11.5 Å². The highest BCUT2D eigenvalue weighted by Crippen LogP contribution is 2.39. The van der Waals surface area contributed by atoms with Crippen LogP contribution in [0.3, 0.4) is 0 Å². The molecule has 144 valence electrons. The number of ether oxygens (including phenoxy) is 1. The first kappa shape index (κ1) is 18.2. The van der Waals surface area contributed by atoms with E-state index in [0.717, 1.165) is 25.9 Å². The van der Waals surface area contributed by atoms with E-state index in [1.807, 2.05) is 0 Å². The SMILES string of the molecule is O=C1/C(=C\c2cccc([N+](=O)[O-])c2)Oc2c1ccc(O)c2C[NH+]1CCCCC1. The Kier molecular flexibility index (Phi) is 4.83. The standard InChI is InChI=1S/C21H20N2O5/c24-18-8-7-16-20(25)19(12-14-5-4-6-15(11-14)23(26)27)28-21(16)17(18)13-22-9-2-1-3-10-22/h4-8,11-12,24H,1-3,9-10,13H2/p+1/b19-12+. The Morgan fingerprint density at radius 2 is 1.96 bits per heavy atom. The number of non-ortho nitro benzene ring substituents is 1. The molecule has 28 heavy (non-hydrogen) atoms. The number of carbonyl (C=O) groups is 1. The van der Waals surface area contributed by atoms with Crippen molar-refractivity contribution in [2.24, 2.45) is 0 Å². The highest BCUT2D eigenvalue weighted by molar-refractivity contribution is 6.15. The van der Waals surface area contributed by atoms with Crippen LogP contribution in [-0.4, -0.2) is 28.9 Å². The molecule has 0 radical (unpaired) electrons. The fourth-order valence-corrected chi connectivity index (χ4v) is 3.83. The molecule has 4 rings (SSSR count). The number of hydrogen-bond acceptors (Lipinski definition) is 5. The van der Waals surface area contributed by atoms with Gasteiger partial charge in [-0.3, -0.25) is 14.9 Å².